The number of pyridine rings is 1. The van der Waals surface area contributed by atoms with Gasteiger partial charge in [0.25, 0.3) is 0 Å². The molecule has 0 spiro atoms. The van der Waals surface area contributed by atoms with E-state index < -0.39 is 0 Å². The van der Waals surface area contributed by atoms with Crippen LogP contribution in [0.3, 0.4) is 0 Å². The maximum Gasteiger partial charge on any atom is 0.218 e. The van der Waals surface area contributed by atoms with Crippen LogP contribution in [0.1, 0.15) is 22.5 Å². The molecule has 0 atom stereocenters. The summed E-state index contributed by atoms with van der Waals surface area (Å²) in [7, 11) is 1.60. The molecule has 0 amide bonds. The number of hydrogen-bond donors (Lipinski definition) is 1. The average molecular weight is 269 g/mol. The molecule has 0 unspecified atom stereocenters. The molecule has 0 radical (unpaired) electrons. The second-order valence-corrected chi connectivity index (χ2v) is 4.34. The summed E-state index contributed by atoms with van der Waals surface area (Å²) in [6, 6.07) is 7.27. The maximum absolute atomic E-state index is 8.67. The number of nitrogens with one attached hydrogen (secondary N) is 1. The molecule has 0 saturated carbocycles. The van der Waals surface area contributed by atoms with E-state index in [2.05, 4.69) is 20.5 Å². The summed E-state index contributed by atoms with van der Waals surface area (Å²) >= 11 is 0. The molecule has 102 valence electrons. The van der Waals surface area contributed by atoms with Gasteiger partial charge in [-0.15, -0.1) is 10.2 Å². The van der Waals surface area contributed by atoms with E-state index in [9.17, 15) is 0 Å². The zero-order chi connectivity index (χ0) is 14.5. The highest BCUT2D eigenvalue weighted by molar-refractivity contribution is 5.41. The number of ether oxygens (including phenoxy) is 1. The second-order valence-electron chi connectivity index (χ2n) is 4.34. The summed E-state index contributed by atoms with van der Waals surface area (Å²) in [6.45, 7) is 4.47. The standard InChI is InChI=1S/C14H15N5O/c1-9-6-10(2)17-14(20-3)12(9)8-16-13-5-4-11(7-15)18-19-13/h4-6H,8H2,1-3H3,(H,16,19). The smallest absolute Gasteiger partial charge is 0.218 e. The number of nitriles is 1. The molecule has 0 bridgehead atoms. The first-order chi connectivity index (χ1) is 9.63. The van der Waals surface area contributed by atoms with E-state index in [-0.39, 0.29) is 0 Å². The molecule has 0 aliphatic rings. The molecule has 6 nitrogen and oxygen atoms in total. The molecule has 0 aliphatic heterocycles. The van der Waals surface area contributed by atoms with Crippen LogP contribution >= 0.6 is 0 Å². The summed E-state index contributed by atoms with van der Waals surface area (Å²) in [5.41, 5.74) is 3.29. The molecule has 20 heavy (non-hydrogen) atoms. The van der Waals surface area contributed by atoms with Crippen molar-refractivity contribution in [2.24, 2.45) is 0 Å². The first-order valence-electron chi connectivity index (χ1n) is 6.13. The lowest BCUT2D eigenvalue weighted by Gasteiger charge is -2.12. The van der Waals surface area contributed by atoms with Gasteiger partial charge in [-0.2, -0.15) is 5.26 Å². The van der Waals surface area contributed by atoms with Crippen LogP contribution in [0.15, 0.2) is 18.2 Å². The van der Waals surface area contributed by atoms with Crippen molar-refractivity contribution in [1.82, 2.24) is 15.2 Å². The fourth-order valence-corrected chi connectivity index (χ4v) is 1.88. The van der Waals surface area contributed by atoms with Gasteiger partial charge >= 0.3 is 0 Å². The van der Waals surface area contributed by atoms with Gasteiger partial charge in [-0.05, 0) is 37.6 Å². The van der Waals surface area contributed by atoms with Gasteiger partial charge in [0.1, 0.15) is 11.9 Å². The van der Waals surface area contributed by atoms with Crippen LogP contribution in [0, 0.1) is 25.2 Å². The Morgan fingerprint density at radius 1 is 1.30 bits per heavy atom. The fraction of sp³-hybridized carbons (Fsp3) is 0.286. The first kappa shape index (κ1) is 13.7. The van der Waals surface area contributed by atoms with Crippen LogP contribution in [0.2, 0.25) is 0 Å². The maximum atomic E-state index is 8.67. The van der Waals surface area contributed by atoms with Gasteiger partial charge < -0.3 is 10.1 Å². The number of hydrogen-bond acceptors (Lipinski definition) is 6. The predicted molar refractivity (Wildman–Crippen MR) is 74.3 cm³/mol. The lowest BCUT2D eigenvalue weighted by molar-refractivity contribution is 0.391. The molecule has 0 fully saturated rings. The van der Waals surface area contributed by atoms with Gasteiger partial charge in [-0.25, -0.2) is 4.98 Å². The molecule has 1 N–H and O–H groups in total. The van der Waals surface area contributed by atoms with Crippen LogP contribution in [0.4, 0.5) is 5.82 Å². The SMILES string of the molecule is COc1nc(C)cc(C)c1CNc1ccc(C#N)nn1. The van der Waals surface area contributed by atoms with Gasteiger partial charge in [-0.3, -0.25) is 0 Å². The minimum Gasteiger partial charge on any atom is -0.481 e. The Balaban J connectivity index is 2.16. The largest absolute Gasteiger partial charge is 0.481 e. The summed E-state index contributed by atoms with van der Waals surface area (Å²) in [6.07, 6.45) is 0. The highest BCUT2D eigenvalue weighted by atomic mass is 16.5. The Morgan fingerprint density at radius 3 is 2.70 bits per heavy atom. The minimum absolute atomic E-state index is 0.293. The van der Waals surface area contributed by atoms with Crippen molar-refractivity contribution in [2.45, 2.75) is 20.4 Å². The van der Waals surface area contributed by atoms with Crippen molar-refractivity contribution >= 4 is 5.82 Å². The Kier molecular flexibility index (Phi) is 4.11. The van der Waals surface area contributed by atoms with E-state index in [4.69, 9.17) is 10.00 Å². The van der Waals surface area contributed by atoms with Crippen molar-refractivity contribution in [3.05, 3.63) is 40.7 Å². The molecule has 2 aromatic heterocycles. The van der Waals surface area contributed by atoms with Gasteiger partial charge in [0.05, 0.1) is 7.11 Å². The number of nitrogens with zero attached hydrogens (tertiary/aromatic N) is 4. The van der Waals surface area contributed by atoms with Crippen molar-refractivity contribution in [1.29, 1.82) is 5.26 Å². The Bertz CT molecular complexity index is 646. The topological polar surface area (TPSA) is 83.7 Å². The summed E-state index contributed by atoms with van der Waals surface area (Å²) in [5.74, 6) is 1.21. The second kappa shape index (κ2) is 5.97. The Labute approximate surface area is 117 Å². The van der Waals surface area contributed by atoms with Crippen molar-refractivity contribution in [2.75, 3.05) is 12.4 Å². The van der Waals surface area contributed by atoms with Gasteiger partial charge in [0, 0.05) is 17.8 Å². The molecule has 0 aromatic carbocycles. The number of methoxy groups -OCH3 is 1. The van der Waals surface area contributed by atoms with Crippen LogP contribution in [-0.2, 0) is 6.54 Å². The third-order valence-electron chi connectivity index (χ3n) is 2.86. The monoisotopic (exact) mass is 269 g/mol. The summed E-state index contributed by atoms with van der Waals surface area (Å²) in [5, 5.41) is 19.5. The fourth-order valence-electron chi connectivity index (χ4n) is 1.88. The van der Waals surface area contributed by atoms with Gasteiger partial charge in [-0.1, -0.05) is 0 Å². The number of rotatable bonds is 4. The van der Waals surface area contributed by atoms with Gasteiger partial charge in [0.2, 0.25) is 5.88 Å². The normalized spacial score (nSPS) is 9.90. The van der Waals surface area contributed by atoms with Crippen LogP contribution < -0.4 is 10.1 Å². The molecule has 2 heterocycles. The van der Waals surface area contributed by atoms with Gasteiger partial charge in [0.15, 0.2) is 5.69 Å². The molecule has 2 aromatic rings. The highest BCUT2D eigenvalue weighted by Crippen LogP contribution is 2.21. The van der Waals surface area contributed by atoms with Crippen LogP contribution in [-0.4, -0.2) is 22.3 Å². The van der Waals surface area contributed by atoms with Crippen LogP contribution in [0.25, 0.3) is 0 Å². The zero-order valence-electron chi connectivity index (χ0n) is 11.6. The third-order valence-corrected chi connectivity index (χ3v) is 2.86. The summed E-state index contributed by atoms with van der Waals surface area (Å²) < 4.78 is 5.30. The minimum atomic E-state index is 0.293. The van der Waals surface area contributed by atoms with E-state index in [0.29, 0.717) is 23.9 Å². The highest BCUT2D eigenvalue weighted by Gasteiger charge is 2.09. The molecule has 6 heteroatoms. The van der Waals surface area contributed by atoms with Crippen molar-refractivity contribution in [3.8, 4) is 11.9 Å². The molecule has 2 rings (SSSR count). The number of aromatic nitrogens is 3. The third kappa shape index (κ3) is 3.01. The molecular formula is C14H15N5O. The Hall–Kier alpha value is -2.68. The van der Waals surface area contributed by atoms with Crippen molar-refractivity contribution in [3.63, 3.8) is 0 Å². The molecule has 0 aliphatic carbocycles. The Morgan fingerprint density at radius 2 is 2.10 bits per heavy atom. The summed E-state index contributed by atoms with van der Waals surface area (Å²) in [4.78, 5) is 4.35. The van der Waals surface area contributed by atoms with E-state index in [1.807, 2.05) is 26.0 Å². The lowest BCUT2D eigenvalue weighted by atomic mass is 10.1. The average Bonchev–Trinajstić information content (AvgIpc) is 2.46. The van der Waals surface area contributed by atoms with Crippen LogP contribution in [0.5, 0.6) is 5.88 Å². The number of anilines is 1. The zero-order valence-corrected chi connectivity index (χ0v) is 11.6. The first-order valence-corrected chi connectivity index (χ1v) is 6.13. The van der Waals surface area contributed by atoms with E-state index >= 15 is 0 Å². The predicted octanol–water partition coefficient (Wildman–Crippen LogP) is 1.98. The van der Waals surface area contributed by atoms with E-state index in [0.717, 1.165) is 16.8 Å². The van der Waals surface area contributed by atoms with E-state index in [1.165, 1.54) is 0 Å². The number of aryl methyl sites for hydroxylation is 2. The molecule has 0 saturated heterocycles. The lowest BCUT2D eigenvalue weighted by Crippen LogP contribution is -2.07. The van der Waals surface area contributed by atoms with E-state index in [1.54, 1.807) is 19.2 Å². The van der Waals surface area contributed by atoms with Crippen molar-refractivity contribution < 1.29 is 4.74 Å². The quantitative estimate of drug-likeness (QED) is 0.913. The molecular weight excluding hydrogens is 254 g/mol.